The van der Waals surface area contributed by atoms with Gasteiger partial charge < -0.3 is 9.39 Å². The molecular weight excluding hydrogens is 187 g/mol. The molecule has 0 aromatic rings. The Morgan fingerprint density at radius 1 is 1.13 bits per heavy atom. The minimum atomic E-state index is 0.234. The molecule has 86 valence electrons. The van der Waals surface area contributed by atoms with Gasteiger partial charge in [-0.3, -0.25) is 0 Å². The molecule has 2 nitrogen and oxygen atoms in total. The molecule has 3 heteroatoms. The maximum absolute atomic E-state index is 6.01. The normalized spacial score (nSPS) is 42.8. The van der Waals surface area contributed by atoms with Crippen LogP contribution in [0.2, 0.25) is 12.6 Å². The van der Waals surface area contributed by atoms with Gasteiger partial charge >= 0.3 is 0 Å². The second-order valence-corrected chi connectivity index (χ2v) is 6.37. The minimum absolute atomic E-state index is 0.234. The van der Waals surface area contributed by atoms with Crippen LogP contribution in [0, 0.1) is 10.8 Å². The highest BCUT2D eigenvalue weighted by molar-refractivity contribution is 6.53. The van der Waals surface area contributed by atoms with Crippen LogP contribution in [0.4, 0.5) is 0 Å². The lowest BCUT2D eigenvalue weighted by Crippen LogP contribution is -2.64. The first-order valence-corrected chi connectivity index (χ1v) is 6.05. The van der Waals surface area contributed by atoms with Crippen molar-refractivity contribution >= 4 is 6.92 Å². The second kappa shape index (κ2) is 3.24. The first-order chi connectivity index (χ1) is 6.78. The zero-order valence-electron chi connectivity index (χ0n) is 10.8. The average molecular weight is 210 g/mol. The second-order valence-electron chi connectivity index (χ2n) is 6.37. The maximum Gasteiger partial charge on any atom is 0.296 e. The molecule has 2 fully saturated rings. The SMILES string of the molecule is CB1OC(C)COC2C1C(C)(C)C2(C)C. The van der Waals surface area contributed by atoms with Crippen LogP contribution in [0.15, 0.2) is 0 Å². The average Bonchev–Trinajstić information content (AvgIpc) is 2.23. The minimum Gasteiger partial charge on any atom is -0.431 e. The van der Waals surface area contributed by atoms with Crippen molar-refractivity contribution in [3.63, 3.8) is 0 Å². The highest BCUT2D eigenvalue weighted by Crippen LogP contribution is 2.66. The molecule has 1 saturated carbocycles. The van der Waals surface area contributed by atoms with Crippen molar-refractivity contribution in [3.8, 4) is 0 Å². The lowest BCUT2D eigenvalue weighted by atomic mass is 9.31. The Balaban J connectivity index is 2.25. The van der Waals surface area contributed by atoms with Crippen LogP contribution in [0.3, 0.4) is 0 Å². The molecule has 0 aromatic carbocycles. The van der Waals surface area contributed by atoms with Gasteiger partial charge in [0, 0.05) is 0 Å². The number of rotatable bonds is 0. The van der Waals surface area contributed by atoms with E-state index >= 15 is 0 Å². The molecule has 1 aliphatic carbocycles. The molecule has 0 radical (unpaired) electrons. The standard InChI is InChI=1S/C12H23BO2/c1-8-7-14-10-9(13(6)15-8)11(2,3)12(10,4)5/h8-10H,7H2,1-6H3. The molecule has 1 saturated heterocycles. The number of fused-ring (bicyclic) bond motifs is 1. The molecule has 1 heterocycles. The summed E-state index contributed by atoms with van der Waals surface area (Å²) in [6, 6.07) is 0. The van der Waals surface area contributed by atoms with Crippen molar-refractivity contribution in [2.75, 3.05) is 6.61 Å². The van der Waals surface area contributed by atoms with E-state index in [-0.39, 0.29) is 11.5 Å². The van der Waals surface area contributed by atoms with E-state index in [2.05, 4.69) is 41.4 Å². The van der Waals surface area contributed by atoms with E-state index < -0.39 is 0 Å². The number of ether oxygens (including phenoxy) is 1. The molecule has 3 atom stereocenters. The fourth-order valence-electron chi connectivity index (χ4n) is 3.40. The molecule has 0 amide bonds. The van der Waals surface area contributed by atoms with Crippen molar-refractivity contribution in [1.82, 2.24) is 0 Å². The van der Waals surface area contributed by atoms with Crippen LogP contribution in [0.1, 0.15) is 34.6 Å². The van der Waals surface area contributed by atoms with Gasteiger partial charge in [0.2, 0.25) is 0 Å². The highest BCUT2D eigenvalue weighted by Gasteiger charge is 2.66. The summed E-state index contributed by atoms with van der Waals surface area (Å²) in [5.74, 6) is 0.539. The molecule has 2 aliphatic rings. The van der Waals surface area contributed by atoms with Crippen molar-refractivity contribution in [2.45, 2.75) is 59.5 Å². The molecule has 2 rings (SSSR count). The Kier molecular flexibility index (Phi) is 2.48. The quantitative estimate of drug-likeness (QED) is 0.572. The zero-order chi connectivity index (χ0) is 11.4. The topological polar surface area (TPSA) is 18.5 Å². The van der Waals surface area contributed by atoms with Gasteiger partial charge in [0.15, 0.2) is 0 Å². The molecule has 0 aromatic heterocycles. The van der Waals surface area contributed by atoms with E-state index in [1.54, 1.807) is 0 Å². The van der Waals surface area contributed by atoms with E-state index in [0.29, 0.717) is 24.3 Å². The Labute approximate surface area is 93.8 Å². The van der Waals surface area contributed by atoms with Gasteiger partial charge in [-0.05, 0) is 23.6 Å². The van der Waals surface area contributed by atoms with Crippen LogP contribution in [-0.2, 0) is 9.39 Å². The summed E-state index contributed by atoms with van der Waals surface area (Å²) in [5, 5.41) is 0. The summed E-state index contributed by atoms with van der Waals surface area (Å²) in [6.07, 6.45) is 0.602. The van der Waals surface area contributed by atoms with Crippen molar-refractivity contribution < 1.29 is 9.39 Å². The summed E-state index contributed by atoms with van der Waals surface area (Å²) in [6.45, 7) is 14.7. The molecular formula is C12H23BO2. The van der Waals surface area contributed by atoms with Crippen LogP contribution < -0.4 is 0 Å². The van der Waals surface area contributed by atoms with E-state index in [9.17, 15) is 0 Å². The first-order valence-electron chi connectivity index (χ1n) is 6.05. The Bertz CT molecular complexity index is 262. The summed E-state index contributed by atoms with van der Waals surface area (Å²) in [7, 11) is 0. The van der Waals surface area contributed by atoms with Crippen LogP contribution in [-0.4, -0.2) is 25.7 Å². The fraction of sp³-hybridized carbons (Fsp3) is 1.00. The summed E-state index contributed by atoms with van der Waals surface area (Å²) in [4.78, 5) is 0. The third-order valence-corrected chi connectivity index (χ3v) is 4.99. The van der Waals surface area contributed by atoms with Crippen molar-refractivity contribution in [1.29, 1.82) is 0 Å². The van der Waals surface area contributed by atoms with Gasteiger partial charge in [-0.25, -0.2) is 0 Å². The van der Waals surface area contributed by atoms with Gasteiger partial charge in [0.1, 0.15) is 0 Å². The fourth-order valence-corrected chi connectivity index (χ4v) is 3.40. The Morgan fingerprint density at radius 3 is 2.33 bits per heavy atom. The number of hydrogen-bond acceptors (Lipinski definition) is 2. The predicted octanol–water partition coefficient (Wildman–Crippen LogP) is 2.85. The molecule has 3 unspecified atom stereocenters. The maximum atomic E-state index is 6.01. The largest absolute Gasteiger partial charge is 0.431 e. The first kappa shape index (κ1) is 11.5. The van der Waals surface area contributed by atoms with Gasteiger partial charge in [0.05, 0.1) is 18.8 Å². The van der Waals surface area contributed by atoms with E-state index in [0.717, 1.165) is 6.61 Å². The molecule has 0 bridgehead atoms. The van der Waals surface area contributed by atoms with Crippen LogP contribution >= 0.6 is 0 Å². The monoisotopic (exact) mass is 210 g/mol. The summed E-state index contributed by atoms with van der Waals surface area (Å²) < 4.78 is 12.0. The lowest BCUT2D eigenvalue weighted by molar-refractivity contribution is -0.179. The van der Waals surface area contributed by atoms with Gasteiger partial charge in [-0.15, -0.1) is 0 Å². The van der Waals surface area contributed by atoms with E-state index in [4.69, 9.17) is 9.39 Å². The summed E-state index contributed by atoms with van der Waals surface area (Å²) in [5.41, 5.74) is 0.570. The third-order valence-electron chi connectivity index (χ3n) is 4.99. The Hall–Kier alpha value is -0.0151. The molecule has 15 heavy (non-hydrogen) atoms. The van der Waals surface area contributed by atoms with Crippen molar-refractivity contribution in [3.05, 3.63) is 0 Å². The highest BCUT2D eigenvalue weighted by atomic mass is 16.5. The number of hydrogen-bond donors (Lipinski definition) is 0. The summed E-state index contributed by atoms with van der Waals surface area (Å²) >= 11 is 0. The molecule has 0 spiro atoms. The van der Waals surface area contributed by atoms with Crippen LogP contribution in [0.5, 0.6) is 0 Å². The molecule has 1 aliphatic heterocycles. The smallest absolute Gasteiger partial charge is 0.296 e. The van der Waals surface area contributed by atoms with E-state index in [1.165, 1.54) is 0 Å². The van der Waals surface area contributed by atoms with Gasteiger partial charge in [0.25, 0.3) is 6.92 Å². The lowest BCUT2D eigenvalue weighted by Gasteiger charge is -2.64. The third kappa shape index (κ3) is 1.39. The Morgan fingerprint density at radius 2 is 1.73 bits per heavy atom. The predicted molar refractivity (Wildman–Crippen MR) is 63.2 cm³/mol. The van der Waals surface area contributed by atoms with Gasteiger partial charge in [-0.1, -0.05) is 34.5 Å². The van der Waals surface area contributed by atoms with Crippen LogP contribution in [0.25, 0.3) is 0 Å². The van der Waals surface area contributed by atoms with Crippen molar-refractivity contribution in [2.24, 2.45) is 10.8 Å². The zero-order valence-corrected chi connectivity index (χ0v) is 10.8. The molecule has 0 N–H and O–H groups in total. The van der Waals surface area contributed by atoms with Gasteiger partial charge in [-0.2, -0.15) is 0 Å². The van der Waals surface area contributed by atoms with E-state index in [1.807, 2.05) is 0 Å².